The quantitative estimate of drug-likeness (QED) is 0.691. The highest BCUT2D eigenvalue weighted by molar-refractivity contribution is 7.80. The molecule has 0 heterocycles. The first kappa shape index (κ1) is 13.8. The minimum absolute atomic E-state index is 0.311. The Bertz CT molecular complexity index is 178. The average Bonchev–Trinajstić information content (AvgIpc) is 2.01. The highest BCUT2D eigenvalue weighted by Gasteiger charge is 2.15. The molecule has 3 heteroatoms. The molecule has 0 amide bonds. The zero-order valence-electron chi connectivity index (χ0n) is 10.1. The molecule has 0 aromatic carbocycles. The number of hydrogen-bond donors (Lipinski definition) is 1. The SMILES string of the molecule is CC(C)CN(CC(C)C(N)=S)C(C)C. The smallest absolute Gasteiger partial charge is 0.0768 e. The van der Waals surface area contributed by atoms with E-state index < -0.39 is 0 Å². The summed E-state index contributed by atoms with van der Waals surface area (Å²) in [5.41, 5.74) is 5.62. The van der Waals surface area contributed by atoms with E-state index in [0.717, 1.165) is 13.1 Å². The maximum atomic E-state index is 5.62. The van der Waals surface area contributed by atoms with Crippen LogP contribution < -0.4 is 5.73 Å². The topological polar surface area (TPSA) is 29.3 Å². The van der Waals surface area contributed by atoms with Crippen molar-refractivity contribution in [3.63, 3.8) is 0 Å². The standard InChI is InChI=1S/C11H24N2S/c1-8(2)6-13(9(3)4)7-10(5)11(12)14/h8-10H,6-7H2,1-5H3,(H2,12,14). The van der Waals surface area contributed by atoms with Gasteiger partial charge in [0.05, 0.1) is 4.99 Å². The highest BCUT2D eigenvalue weighted by Crippen LogP contribution is 2.08. The van der Waals surface area contributed by atoms with Crippen LogP contribution >= 0.6 is 12.2 Å². The van der Waals surface area contributed by atoms with Gasteiger partial charge in [0.2, 0.25) is 0 Å². The molecule has 1 atom stereocenters. The number of nitrogens with zero attached hydrogens (tertiary/aromatic N) is 1. The van der Waals surface area contributed by atoms with Crippen molar-refractivity contribution in [2.75, 3.05) is 13.1 Å². The molecule has 0 aromatic rings. The zero-order valence-corrected chi connectivity index (χ0v) is 10.9. The van der Waals surface area contributed by atoms with Gasteiger partial charge in [-0.2, -0.15) is 0 Å². The van der Waals surface area contributed by atoms with Crippen LogP contribution in [0.1, 0.15) is 34.6 Å². The Morgan fingerprint density at radius 1 is 1.14 bits per heavy atom. The van der Waals surface area contributed by atoms with Gasteiger partial charge in [-0.1, -0.05) is 33.0 Å². The summed E-state index contributed by atoms with van der Waals surface area (Å²) in [6.45, 7) is 13.1. The summed E-state index contributed by atoms with van der Waals surface area (Å²) < 4.78 is 0. The van der Waals surface area contributed by atoms with Crippen molar-refractivity contribution in [2.24, 2.45) is 17.6 Å². The Hall–Kier alpha value is -0.150. The van der Waals surface area contributed by atoms with Gasteiger partial charge in [-0.3, -0.25) is 0 Å². The third-order valence-corrected chi connectivity index (χ3v) is 2.73. The summed E-state index contributed by atoms with van der Waals surface area (Å²) in [5.74, 6) is 1.00. The highest BCUT2D eigenvalue weighted by atomic mass is 32.1. The predicted molar refractivity (Wildman–Crippen MR) is 67.5 cm³/mol. The first-order valence-corrected chi connectivity index (χ1v) is 5.78. The van der Waals surface area contributed by atoms with E-state index >= 15 is 0 Å². The van der Waals surface area contributed by atoms with Crippen LogP contribution in [0.3, 0.4) is 0 Å². The van der Waals surface area contributed by atoms with E-state index in [1.54, 1.807) is 0 Å². The molecule has 84 valence electrons. The van der Waals surface area contributed by atoms with Crippen LogP contribution in [0.15, 0.2) is 0 Å². The summed E-state index contributed by atoms with van der Waals surface area (Å²) in [5, 5.41) is 0. The van der Waals surface area contributed by atoms with Crippen LogP contribution in [0.5, 0.6) is 0 Å². The Labute approximate surface area is 93.8 Å². The predicted octanol–water partition coefficient (Wildman–Crippen LogP) is 2.28. The van der Waals surface area contributed by atoms with E-state index in [2.05, 4.69) is 39.5 Å². The van der Waals surface area contributed by atoms with Gasteiger partial charge in [-0.25, -0.2) is 0 Å². The second kappa shape index (κ2) is 6.36. The summed E-state index contributed by atoms with van der Waals surface area (Å²) in [7, 11) is 0. The number of hydrogen-bond acceptors (Lipinski definition) is 2. The lowest BCUT2D eigenvalue weighted by molar-refractivity contribution is 0.187. The Balaban J connectivity index is 4.16. The third kappa shape index (κ3) is 5.55. The Morgan fingerprint density at radius 3 is 1.93 bits per heavy atom. The molecule has 0 radical (unpaired) electrons. The first-order valence-electron chi connectivity index (χ1n) is 5.38. The van der Waals surface area contributed by atoms with E-state index in [0.29, 0.717) is 22.9 Å². The van der Waals surface area contributed by atoms with E-state index in [-0.39, 0.29) is 0 Å². The maximum Gasteiger partial charge on any atom is 0.0768 e. The van der Waals surface area contributed by atoms with Gasteiger partial charge < -0.3 is 10.6 Å². The van der Waals surface area contributed by atoms with Crippen molar-refractivity contribution in [3.8, 4) is 0 Å². The van der Waals surface area contributed by atoms with Crippen LogP contribution in [0.25, 0.3) is 0 Å². The minimum atomic E-state index is 0.311. The molecule has 0 saturated heterocycles. The first-order chi connectivity index (χ1) is 6.34. The molecule has 0 bridgehead atoms. The third-order valence-electron chi connectivity index (χ3n) is 2.32. The monoisotopic (exact) mass is 216 g/mol. The van der Waals surface area contributed by atoms with Gasteiger partial charge in [0.1, 0.15) is 0 Å². The van der Waals surface area contributed by atoms with Gasteiger partial charge in [0.15, 0.2) is 0 Å². The molecule has 2 nitrogen and oxygen atoms in total. The normalized spacial score (nSPS) is 14.0. The van der Waals surface area contributed by atoms with Crippen molar-refractivity contribution in [1.82, 2.24) is 4.90 Å². The van der Waals surface area contributed by atoms with Gasteiger partial charge in [0, 0.05) is 25.0 Å². The molecule has 0 saturated carbocycles. The zero-order chi connectivity index (χ0) is 11.3. The van der Waals surface area contributed by atoms with Gasteiger partial charge in [-0.05, 0) is 19.8 Å². The minimum Gasteiger partial charge on any atom is -0.393 e. The number of rotatable bonds is 6. The molecular formula is C11H24N2S. The van der Waals surface area contributed by atoms with Gasteiger partial charge in [0.25, 0.3) is 0 Å². The van der Waals surface area contributed by atoms with Crippen LogP contribution in [-0.2, 0) is 0 Å². The van der Waals surface area contributed by atoms with Gasteiger partial charge in [-0.15, -0.1) is 0 Å². The molecule has 0 aromatic heterocycles. The lowest BCUT2D eigenvalue weighted by Gasteiger charge is -2.30. The van der Waals surface area contributed by atoms with E-state index in [1.165, 1.54) is 0 Å². The fourth-order valence-electron chi connectivity index (χ4n) is 1.41. The van der Waals surface area contributed by atoms with Crippen molar-refractivity contribution in [3.05, 3.63) is 0 Å². The molecule has 0 spiro atoms. The molecule has 2 N–H and O–H groups in total. The average molecular weight is 216 g/mol. The van der Waals surface area contributed by atoms with E-state index in [1.807, 2.05) is 0 Å². The molecule has 0 aliphatic carbocycles. The number of nitrogens with two attached hydrogens (primary N) is 1. The second-order valence-electron chi connectivity index (χ2n) is 4.74. The van der Waals surface area contributed by atoms with Crippen LogP contribution in [0.4, 0.5) is 0 Å². The molecule has 0 aliphatic heterocycles. The van der Waals surface area contributed by atoms with Crippen molar-refractivity contribution >= 4 is 17.2 Å². The molecule has 1 unspecified atom stereocenters. The summed E-state index contributed by atoms with van der Waals surface area (Å²) >= 11 is 4.99. The van der Waals surface area contributed by atoms with E-state index in [9.17, 15) is 0 Å². The van der Waals surface area contributed by atoms with Crippen molar-refractivity contribution in [2.45, 2.75) is 40.7 Å². The summed E-state index contributed by atoms with van der Waals surface area (Å²) in [4.78, 5) is 3.06. The van der Waals surface area contributed by atoms with E-state index in [4.69, 9.17) is 18.0 Å². The summed E-state index contributed by atoms with van der Waals surface area (Å²) in [6, 6.07) is 0.564. The largest absolute Gasteiger partial charge is 0.393 e. The maximum absolute atomic E-state index is 5.62. The molecule has 0 rings (SSSR count). The lowest BCUT2D eigenvalue weighted by atomic mass is 10.1. The Kier molecular flexibility index (Phi) is 6.29. The molecular weight excluding hydrogens is 192 g/mol. The Morgan fingerprint density at radius 2 is 1.64 bits per heavy atom. The summed E-state index contributed by atoms with van der Waals surface area (Å²) in [6.07, 6.45) is 0. The van der Waals surface area contributed by atoms with Crippen LogP contribution in [-0.4, -0.2) is 29.0 Å². The van der Waals surface area contributed by atoms with Crippen molar-refractivity contribution in [1.29, 1.82) is 0 Å². The number of thiocarbonyl (C=S) groups is 1. The molecule has 0 aliphatic rings. The van der Waals surface area contributed by atoms with Crippen molar-refractivity contribution < 1.29 is 0 Å². The second-order valence-corrected chi connectivity index (χ2v) is 5.22. The fourth-order valence-corrected chi connectivity index (χ4v) is 1.48. The lowest BCUT2D eigenvalue weighted by Crippen LogP contribution is -2.40. The molecule has 14 heavy (non-hydrogen) atoms. The van der Waals surface area contributed by atoms with Gasteiger partial charge >= 0.3 is 0 Å². The van der Waals surface area contributed by atoms with Crippen LogP contribution in [0.2, 0.25) is 0 Å². The fraction of sp³-hybridized carbons (Fsp3) is 0.909. The molecule has 0 fully saturated rings. The van der Waals surface area contributed by atoms with Crippen LogP contribution in [0, 0.1) is 11.8 Å².